The van der Waals surface area contributed by atoms with Gasteiger partial charge in [-0.05, 0) is 67.5 Å². The van der Waals surface area contributed by atoms with Gasteiger partial charge in [-0.1, -0.05) is 42.8 Å². The topological polar surface area (TPSA) is 102 Å². The second-order valence-electron chi connectivity index (χ2n) is 8.23. The number of hydrogen-bond donors (Lipinski definition) is 2. The Hall–Kier alpha value is -2.84. The fourth-order valence-electron chi connectivity index (χ4n) is 3.79. The molecule has 1 aliphatic carbocycles. The predicted molar refractivity (Wildman–Crippen MR) is 128 cm³/mol. The number of hydrogen-bond acceptors (Lipinski definition) is 5. The molecule has 7 nitrogen and oxygen atoms in total. The van der Waals surface area contributed by atoms with E-state index in [1.807, 2.05) is 0 Å². The van der Waals surface area contributed by atoms with Gasteiger partial charge in [0, 0.05) is 6.08 Å². The van der Waals surface area contributed by atoms with Gasteiger partial charge in [0.15, 0.2) is 0 Å². The maximum atomic E-state index is 12.6. The standard InChI is InChI=1S/C24H27ClN2O5S/c1-17-13-15-24(16-14-17,23(29)32-2)26-22(28)12-9-18-7-10-19(11-8-18)33(30,31)27-21-6-4-3-5-20(21)25/h3-12,17,27H,13-16H2,1-2H3,(H,26,28)/b12-9+. The van der Waals surface area contributed by atoms with E-state index in [1.165, 1.54) is 25.3 Å². The first-order chi connectivity index (χ1) is 15.6. The molecule has 0 saturated heterocycles. The maximum absolute atomic E-state index is 12.6. The summed E-state index contributed by atoms with van der Waals surface area (Å²) in [6.45, 7) is 2.12. The van der Waals surface area contributed by atoms with Crippen molar-refractivity contribution >= 4 is 45.3 Å². The molecule has 1 saturated carbocycles. The number of carbonyl (C=O) groups is 2. The van der Waals surface area contributed by atoms with Crippen LogP contribution in [0.2, 0.25) is 5.02 Å². The lowest BCUT2D eigenvalue weighted by molar-refractivity contribution is -0.152. The number of methoxy groups -OCH3 is 1. The normalized spacial score (nSPS) is 20.9. The smallest absolute Gasteiger partial charge is 0.331 e. The monoisotopic (exact) mass is 490 g/mol. The minimum atomic E-state index is -3.82. The van der Waals surface area contributed by atoms with Gasteiger partial charge in [-0.15, -0.1) is 0 Å². The van der Waals surface area contributed by atoms with Crippen molar-refractivity contribution in [1.82, 2.24) is 5.32 Å². The molecule has 0 unspecified atom stereocenters. The van der Waals surface area contributed by atoms with Crippen LogP contribution in [0.15, 0.2) is 59.5 Å². The fraction of sp³-hybridized carbons (Fsp3) is 0.333. The molecule has 0 bridgehead atoms. The number of esters is 1. The van der Waals surface area contributed by atoms with Crippen LogP contribution in [0.1, 0.15) is 38.2 Å². The average molecular weight is 491 g/mol. The van der Waals surface area contributed by atoms with Gasteiger partial charge in [-0.3, -0.25) is 9.52 Å². The molecule has 2 N–H and O–H groups in total. The molecular weight excluding hydrogens is 464 g/mol. The lowest BCUT2D eigenvalue weighted by atomic mass is 9.77. The molecule has 0 spiro atoms. The van der Waals surface area contributed by atoms with Crippen molar-refractivity contribution in [2.24, 2.45) is 5.92 Å². The number of anilines is 1. The van der Waals surface area contributed by atoms with Gasteiger partial charge < -0.3 is 10.1 Å². The Morgan fingerprint density at radius 1 is 1.09 bits per heavy atom. The van der Waals surface area contributed by atoms with Crippen molar-refractivity contribution in [3.05, 3.63) is 65.2 Å². The van der Waals surface area contributed by atoms with Crippen LogP contribution in [-0.4, -0.2) is 32.9 Å². The number of para-hydroxylation sites is 1. The third kappa shape index (κ3) is 6.15. The summed E-state index contributed by atoms with van der Waals surface area (Å²) in [5.41, 5.74) is -0.0898. The van der Waals surface area contributed by atoms with Gasteiger partial charge in [0.1, 0.15) is 5.54 Å². The van der Waals surface area contributed by atoms with Crippen LogP contribution in [0.4, 0.5) is 5.69 Å². The second kappa shape index (κ2) is 10.4. The molecule has 176 valence electrons. The van der Waals surface area contributed by atoms with Gasteiger partial charge in [0.25, 0.3) is 10.0 Å². The number of benzene rings is 2. The Bertz CT molecular complexity index is 1140. The van der Waals surface area contributed by atoms with Crippen LogP contribution >= 0.6 is 11.6 Å². The van der Waals surface area contributed by atoms with Gasteiger partial charge >= 0.3 is 5.97 Å². The molecule has 0 heterocycles. The van der Waals surface area contributed by atoms with E-state index in [2.05, 4.69) is 17.0 Å². The molecule has 2 aromatic rings. The first kappa shape index (κ1) is 24.8. The first-order valence-corrected chi connectivity index (χ1v) is 12.5. The number of ether oxygens (including phenoxy) is 1. The van der Waals surface area contributed by atoms with Crippen LogP contribution in [0.3, 0.4) is 0 Å². The van der Waals surface area contributed by atoms with Crippen molar-refractivity contribution in [3.8, 4) is 0 Å². The fourth-order valence-corrected chi connectivity index (χ4v) is 5.10. The molecule has 1 amide bonds. The summed E-state index contributed by atoms with van der Waals surface area (Å²) in [7, 11) is -2.50. The van der Waals surface area contributed by atoms with Crippen LogP contribution in [0.25, 0.3) is 6.08 Å². The van der Waals surface area contributed by atoms with Crippen LogP contribution in [-0.2, 0) is 24.3 Å². The number of amides is 1. The van der Waals surface area contributed by atoms with E-state index in [9.17, 15) is 18.0 Å². The molecule has 33 heavy (non-hydrogen) atoms. The van der Waals surface area contributed by atoms with Gasteiger partial charge in [0.05, 0.1) is 22.7 Å². The van der Waals surface area contributed by atoms with Crippen molar-refractivity contribution in [2.75, 3.05) is 11.8 Å². The highest BCUT2D eigenvalue weighted by atomic mass is 35.5. The van der Waals surface area contributed by atoms with Crippen molar-refractivity contribution in [2.45, 2.75) is 43.0 Å². The van der Waals surface area contributed by atoms with Crippen LogP contribution in [0, 0.1) is 5.92 Å². The summed E-state index contributed by atoms with van der Waals surface area (Å²) >= 11 is 6.03. The quantitative estimate of drug-likeness (QED) is 0.442. The second-order valence-corrected chi connectivity index (χ2v) is 10.3. The summed E-state index contributed by atoms with van der Waals surface area (Å²) in [5.74, 6) is -0.346. The molecule has 1 aliphatic rings. The average Bonchev–Trinajstić information content (AvgIpc) is 2.80. The molecular formula is C24H27ClN2O5S. The first-order valence-electron chi connectivity index (χ1n) is 10.6. The van der Waals surface area contributed by atoms with E-state index in [1.54, 1.807) is 42.5 Å². The summed E-state index contributed by atoms with van der Waals surface area (Å²) in [5, 5.41) is 3.12. The Balaban J connectivity index is 1.67. The van der Waals surface area contributed by atoms with E-state index in [4.69, 9.17) is 16.3 Å². The summed E-state index contributed by atoms with van der Waals surface area (Å²) in [4.78, 5) is 24.9. The Labute approximate surface area is 199 Å². The van der Waals surface area contributed by atoms with Crippen molar-refractivity contribution < 1.29 is 22.7 Å². The zero-order valence-corrected chi connectivity index (χ0v) is 20.1. The Morgan fingerprint density at radius 2 is 1.73 bits per heavy atom. The molecule has 0 atom stereocenters. The lowest BCUT2D eigenvalue weighted by Gasteiger charge is -2.37. The molecule has 1 fully saturated rings. The number of rotatable bonds is 7. The van der Waals surface area contributed by atoms with E-state index in [0.29, 0.717) is 29.3 Å². The number of sulfonamides is 1. The minimum Gasteiger partial charge on any atom is -0.467 e. The maximum Gasteiger partial charge on any atom is 0.331 e. The summed E-state index contributed by atoms with van der Waals surface area (Å²) < 4.78 is 32.6. The number of carbonyl (C=O) groups excluding carboxylic acids is 2. The van der Waals surface area contributed by atoms with Crippen LogP contribution < -0.4 is 10.0 Å². The lowest BCUT2D eigenvalue weighted by Crippen LogP contribution is -2.56. The molecule has 9 heteroatoms. The van der Waals surface area contributed by atoms with E-state index >= 15 is 0 Å². The van der Waals surface area contributed by atoms with E-state index < -0.39 is 27.4 Å². The summed E-state index contributed by atoms with van der Waals surface area (Å²) in [6, 6.07) is 12.6. The number of nitrogens with one attached hydrogen (secondary N) is 2. The van der Waals surface area contributed by atoms with Crippen molar-refractivity contribution in [1.29, 1.82) is 0 Å². The van der Waals surface area contributed by atoms with E-state index in [-0.39, 0.29) is 10.6 Å². The highest BCUT2D eigenvalue weighted by Crippen LogP contribution is 2.33. The largest absolute Gasteiger partial charge is 0.467 e. The van der Waals surface area contributed by atoms with Crippen LogP contribution in [0.5, 0.6) is 0 Å². The highest BCUT2D eigenvalue weighted by molar-refractivity contribution is 7.92. The molecule has 3 rings (SSSR count). The van der Waals surface area contributed by atoms with Crippen molar-refractivity contribution in [3.63, 3.8) is 0 Å². The van der Waals surface area contributed by atoms with E-state index in [0.717, 1.165) is 12.8 Å². The molecule has 0 aromatic heterocycles. The third-order valence-corrected chi connectivity index (χ3v) is 7.51. The SMILES string of the molecule is COC(=O)C1(NC(=O)/C=C/c2ccc(S(=O)(=O)Nc3ccccc3Cl)cc2)CCC(C)CC1. The highest BCUT2D eigenvalue weighted by Gasteiger charge is 2.43. The third-order valence-electron chi connectivity index (χ3n) is 5.80. The zero-order chi connectivity index (χ0) is 24.1. The minimum absolute atomic E-state index is 0.0602. The Kier molecular flexibility index (Phi) is 7.81. The number of halogens is 1. The zero-order valence-electron chi connectivity index (χ0n) is 18.5. The van der Waals surface area contributed by atoms with Gasteiger partial charge in [0.2, 0.25) is 5.91 Å². The molecule has 0 aliphatic heterocycles. The van der Waals surface area contributed by atoms with Gasteiger partial charge in [-0.2, -0.15) is 0 Å². The molecule has 2 aromatic carbocycles. The Morgan fingerprint density at radius 3 is 2.33 bits per heavy atom. The predicted octanol–water partition coefficient (Wildman–Crippen LogP) is 4.39. The van der Waals surface area contributed by atoms with Gasteiger partial charge in [-0.25, -0.2) is 13.2 Å². The summed E-state index contributed by atoms with van der Waals surface area (Å²) in [6.07, 6.45) is 5.61. The molecule has 0 radical (unpaired) electrons.